The van der Waals surface area contributed by atoms with E-state index in [0.29, 0.717) is 12.6 Å². The second-order valence-corrected chi connectivity index (χ2v) is 4.17. The smallest absolute Gasteiger partial charge is 0.0986 e. The lowest BCUT2D eigenvalue weighted by Gasteiger charge is -2.43. The van der Waals surface area contributed by atoms with Crippen LogP contribution in [0.4, 0.5) is 0 Å². The fourth-order valence-corrected chi connectivity index (χ4v) is 2.12. The Morgan fingerprint density at radius 1 is 1.31 bits per heavy atom. The van der Waals surface area contributed by atoms with E-state index in [1.165, 1.54) is 5.56 Å². The summed E-state index contributed by atoms with van der Waals surface area (Å²) >= 11 is 0. The van der Waals surface area contributed by atoms with E-state index in [4.69, 9.17) is 9.47 Å². The van der Waals surface area contributed by atoms with Gasteiger partial charge in [0.05, 0.1) is 18.8 Å². The first-order valence-electron chi connectivity index (χ1n) is 5.70. The SMILES string of the molecule is CNC1CC(OCc2ccccc2)C1OC. The minimum absolute atomic E-state index is 0.189. The van der Waals surface area contributed by atoms with E-state index in [0.717, 1.165) is 6.42 Å². The molecule has 0 amide bonds. The molecule has 0 aliphatic heterocycles. The third-order valence-electron chi connectivity index (χ3n) is 3.20. The number of ether oxygens (including phenoxy) is 2. The molecule has 3 heteroatoms. The summed E-state index contributed by atoms with van der Waals surface area (Å²) in [5.74, 6) is 0. The van der Waals surface area contributed by atoms with E-state index in [9.17, 15) is 0 Å². The number of methoxy groups -OCH3 is 1. The van der Waals surface area contributed by atoms with Crippen LogP contribution in [0.15, 0.2) is 30.3 Å². The van der Waals surface area contributed by atoms with Crippen LogP contribution in [0.5, 0.6) is 0 Å². The van der Waals surface area contributed by atoms with Gasteiger partial charge in [0.1, 0.15) is 0 Å². The molecule has 1 aromatic rings. The van der Waals surface area contributed by atoms with Crippen molar-refractivity contribution in [3.05, 3.63) is 35.9 Å². The molecule has 3 atom stereocenters. The topological polar surface area (TPSA) is 30.5 Å². The van der Waals surface area contributed by atoms with Gasteiger partial charge in [-0.15, -0.1) is 0 Å². The van der Waals surface area contributed by atoms with Gasteiger partial charge in [-0.05, 0) is 19.0 Å². The Hall–Kier alpha value is -0.900. The van der Waals surface area contributed by atoms with Crippen LogP contribution in [-0.4, -0.2) is 32.4 Å². The molecule has 2 rings (SSSR count). The molecule has 0 saturated heterocycles. The van der Waals surface area contributed by atoms with Gasteiger partial charge in [-0.25, -0.2) is 0 Å². The highest BCUT2D eigenvalue weighted by Crippen LogP contribution is 2.27. The predicted octanol–water partition coefficient (Wildman–Crippen LogP) is 1.58. The van der Waals surface area contributed by atoms with Gasteiger partial charge >= 0.3 is 0 Å². The third kappa shape index (κ3) is 2.43. The maximum Gasteiger partial charge on any atom is 0.0986 e. The zero-order chi connectivity index (χ0) is 11.4. The molecule has 1 saturated carbocycles. The van der Waals surface area contributed by atoms with Crippen molar-refractivity contribution in [3.63, 3.8) is 0 Å². The van der Waals surface area contributed by atoms with Gasteiger partial charge in [0.2, 0.25) is 0 Å². The molecule has 1 aliphatic rings. The molecular weight excluding hydrogens is 202 g/mol. The Labute approximate surface area is 96.8 Å². The lowest BCUT2D eigenvalue weighted by molar-refractivity contribution is -0.138. The molecule has 1 aromatic carbocycles. The molecule has 0 spiro atoms. The lowest BCUT2D eigenvalue weighted by Crippen LogP contribution is -2.58. The van der Waals surface area contributed by atoms with Gasteiger partial charge in [0, 0.05) is 13.2 Å². The molecule has 0 aromatic heterocycles. The van der Waals surface area contributed by atoms with Crippen LogP contribution in [0.1, 0.15) is 12.0 Å². The maximum atomic E-state index is 5.83. The van der Waals surface area contributed by atoms with E-state index < -0.39 is 0 Å². The van der Waals surface area contributed by atoms with Gasteiger partial charge in [-0.2, -0.15) is 0 Å². The number of hydrogen-bond acceptors (Lipinski definition) is 3. The molecule has 1 fully saturated rings. The molecule has 1 aliphatic carbocycles. The standard InChI is InChI=1S/C13H19NO2/c1-14-11-8-12(13(11)15-2)16-9-10-6-4-3-5-7-10/h3-7,11-14H,8-9H2,1-2H3. The van der Waals surface area contributed by atoms with Gasteiger partial charge in [0.25, 0.3) is 0 Å². The van der Waals surface area contributed by atoms with Gasteiger partial charge in [0.15, 0.2) is 0 Å². The second-order valence-electron chi connectivity index (χ2n) is 4.17. The van der Waals surface area contributed by atoms with E-state index in [2.05, 4.69) is 17.4 Å². The van der Waals surface area contributed by atoms with Crippen LogP contribution in [0.3, 0.4) is 0 Å². The first kappa shape index (κ1) is 11.6. The van der Waals surface area contributed by atoms with E-state index in [1.807, 2.05) is 25.2 Å². The minimum atomic E-state index is 0.189. The summed E-state index contributed by atoms with van der Waals surface area (Å²) in [6, 6.07) is 10.7. The van der Waals surface area contributed by atoms with Crippen molar-refractivity contribution in [1.82, 2.24) is 5.32 Å². The largest absolute Gasteiger partial charge is 0.377 e. The molecule has 0 bridgehead atoms. The van der Waals surface area contributed by atoms with Gasteiger partial charge < -0.3 is 14.8 Å². The van der Waals surface area contributed by atoms with Crippen molar-refractivity contribution in [3.8, 4) is 0 Å². The van der Waals surface area contributed by atoms with E-state index >= 15 is 0 Å². The van der Waals surface area contributed by atoms with Crippen molar-refractivity contribution in [1.29, 1.82) is 0 Å². The van der Waals surface area contributed by atoms with Crippen LogP contribution in [0, 0.1) is 0 Å². The number of benzene rings is 1. The summed E-state index contributed by atoms with van der Waals surface area (Å²) in [4.78, 5) is 0. The lowest BCUT2D eigenvalue weighted by atomic mass is 9.85. The van der Waals surface area contributed by atoms with Crippen LogP contribution in [-0.2, 0) is 16.1 Å². The molecular formula is C13H19NO2. The van der Waals surface area contributed by atoms with E-state index in [1.54, 1.807) is 7.11 Å². The van der Waals surface area contributed by atoms with Crippen LogP contribution in [0.2, 0.25) is 0 Å². The van der Waals surface area contributed by atoms with E-state index in [-0.39, 0.29) is 12.2 Å². The zero-order valence-corrected chi connectivity index (χ0v) is 9.85. The zero-order valence-electron chi connectivity index (χ0n) is 9.85. The summed E-state index contributed by atoms with van der Waals surface area (Å²) in [6.45, 7) is 0.668. The average molecular weight is 221 g/mol. The fourth-order valence-electron chi connectivity index (χ4n) is 2.12. The van der Waals surface area contributed by atoms with Crippen molar-refractivity contribution < 1.29 is 9.47 Å². The van der Waals surface area contributed by atoms with Crippen LogP contribution < -0.4 is 5.32 Å². The Balaban J connectivity index is 1.79. The normalized spacial score (nSPS) is 28.8. The highest BCUT2D eigenvalue weighted by Gasteiger charge is 2.41. The summed E-state index contributed by atoms with van der Waals surface area (Å²) in [7, 11) is 3.71. The summed E-state index contributed by atoms with van der Waals surface area (Å²) in [5.41, 5.74) is 1.21. The maximum absolute atomic E-state index is 5.83. The van der Waals surface area contributed by atoms with Crippen molar-refractivity contribution >= 4 is 0 Å². The molecule has 0 radical (unpaired) electrons. The minimum Gasteiger partial charge on any atom is -0.377 e. The molecule has 1 N–H and O–H groups in total. The van der Waals surface area contributed by atoms with Crippen LogP contribution >= 0.6 is 0 Å². The Kier molecular flexibility index (Phi) is 3.93. The highest BCUT2D eigenvalue weighted by atomic mass is 16.5. The number of rotatable bonds is 5. The highest BCUT2D eigenvalue weighted by molar-refractivity contribution is 5.13. The Morgan fingerprint density at radius 3 is 2.69 bits per heavy atom. The first-order valence-corrected chi connectivity index (χ1v) is 5.70. The number of hydrogen-bond donors (Lipinski definition) is 1. The number of nitrogens with one attached hydrogen (secondary N) is 1. The molecule has 16 heavy (non-hydrogen) atoms. The molecule has 0 heterocycles. The monoisotopic (exact) mass is 221 g/mol. The summed E-state index contributed by atoms with van der Waals surface area (Å²) < 4.78 is 11.2. The predicted molar refractivity (Wildman–Crippen MR) is 63.3 cm³/mol. The third-order valence-corrected chi connectivity index (χ3v) is 3.20. The van der Waals surface area contributed by atoms with Crippen LogP contribution in [0.25, 0.3) is 0 Å². The number of likely N-dealkylation sites (N-methyl/N-ethyl adjacent to an activating group) is 1. The second kappa shape index (κ2) is 5.43. The quantitative estimate of drug-likeness (QED) is 0.819. The fraction of sp³-hybridized carbons (Fsp3) is 0.538. The van der Waals surface area contributed by atoms with Crippen molar-refractivity contribution in [2.45, 2.75) is 31.3 Å². The van der Waals surface area contributed by atoms with Gasteiger partial charge in [-0.1, -0.05) is 30.3 Å². The van der Waals surface area contributed by atoms with Crippen molar-refractivity contribution in [2.75, 3.05) is 14.2 Å². The first-order chi connectivity index (χ1) is 7.85. The molecule has 3 nitrogen and oxygen atoms in total. The van der Waals surface area contributed by atoms with Crippen molar-refractivity contribution in [2.24, 2.45) is 0 Å². The molecule has 3 unspecified atom stereocenters. The average Bonchev–Trinajstić information content (AvgIpc) is 2.30. The Bertz CT molecular complexity index is 315. The van der Waals surface area contributed by atoms with Gasteiger partial charge in [-0.3, -0.25) is 0 Å². The summed E-state index contributed by atoms with van der Waals surface area (Å²) in [6.07, 6.45) is 1.44. The Morgan fingerprint density at radius 2 is 2.06 bits per heavy atom. The molecule has 88 valence electrons. The summed E-state index contributed by atoms with van der Waals surface area (Å²) in [5, 5.41) is 3.23.